The van der Waals surface area contributed by atoms with Gasteiger partial charge in [-0.2, -0.15) is 18.3 Å². The van der Waals surface area contributed by atoms with Crippen molar-refractivity contribution in [2.75, 3.05) is 11.9 Å². The minimum Gasteiger partial charge on any atom is -0.367 e. The monoisotopic (exact) mass is 455 g/mol. The van der Waals surface area contributed by atoms with Crippen LogP contribution in [0.25, 0.3) is 0 Å². The van der Waals surface area contributed by atoms with E-state index >= 15 is 0 Å². The number of halogens is 5. The van der Waals surface area contributed by atoms with Crippen LogP contribution in [0.15, 0.2) is 48.5 Å². The van der Waals surface area contributed by atoms with E-state index in [-0.39, 0.29) is 35.1 Å². The minimum atomic E-state index is -4.42. The molecule has 1 aromatic heterocycles. The minimum absolute atomic E-state index is 0.0826. The van der Waals surface area contributed by atoms with Gasteiger partial charge in [-0.05, 0) is 36.8 Å². The van der Waals surface area contributed by atoms with Crippen molar-refractivity contribution in [3.8, 4) is 0 Å². The van der Waals surface area contributed by atoms with Crippen molar-refractivity contribution in [3.63, 3.8) is 0 Å². The lowest BCUT2D eigenvalue weighted by molar-refractivity contribution is -0.176. The van der Waals surface area contributed by atoms with E-state index in [2.05, 4.69) is 15.2 Å². The van der Waals surface area contributed by atoms with Crippen molar-refractivity contribution in [2.45, 2.75) is 26.3 Å². The number of hydrogen-bond donors (Lipinski definition) is 1. The average molecular weight is 456 g/mol. The Balaban J connectivity index is 1.67. The second-order valence-corrected chi connectivity index (χ2v) is 7.20. The number of aryl methyl sites for hydroxylation is 1. The van der Waals surface area contributed by atoms with Gasteiger partial charge in [0.05, 0.1) is 13.2 Å². The quantitative estimate of drug-likeness (QED) is 0.488. The van der Waals surface area contributed by atoms with Crippen molar-refractivity contribution in [1.29, 1.82) is 0 Å². The third-order valence-corrected chi connectivity index (χ3v) is 4.67. The number of ether oxygens (including phenoxy) is 1. The number of hydrogen-bond acceptors (Lipinski definition) is 3. The maximum atomic E-state index is 14.0. The van der Waals surface area contributed by atoms with E-state index in [4.69, 9.17) is 11.6 Å². The van der Waals surface area contributed by atoms with Gasteiger partial charge < -0.3 is 10.1 Å². The number of amides is 1. The van der Waals surface area contributed by atoms with Crippen LogP contribution in [0.5, 0.6) is 0 Å². The standard InChI is InChI=1S/C21H18ClF4N3O2/c1-13-8-19(28-29(13)10-16-17(22)6-3-7-18(16)23)27-20(30)15-5-2-4-14(9-15)11-31-12-21(24,25)26/h2-9H,10-12H2,1H3,(H,27,28,30). The number of rotatable bonds is 7. The highest BCUT2D eigenvalue weighted by molar-refractivity contribution is 6.31. The molecule has 3 aromatic rings. The van der Waals surface area contributed by atoms with Crippen LogP contribution in [-0.2, 0) is 17.9 Å². The van der Waals surface area contributed by atoms with E-state index in [0.717, 1.165) is 0 Å². The van der Waals surface area contributed by atoms with Gasteiger partial charge in [0.25, 0.3) is 5.91 Å². The summed E-state index contributed by atoms with van der Waals surface area (Å²) in [6.45, 7) is 0.180. The fraction of sp³-hybridized carbons (Fsp3) is 0.238. The van der Waals surface area contributed by atoms with Crippen LogP contribution in [0.2, 0.25) is 5.02 Å². The molecular weight excluding hydrogens is 438 g/mol. The van der Waals surface area contributed by atoms with Gasteiger partial charge in [0.15, 0.2) is 5.82 Å². The fourth-order valence-corrected chi connectivity index (χ4v) is 3.06. The summed E-state index contributed by atoms with van der Waals surface area (Å²) in [4.78, 5) is 12.5. The first-order valence-corrected chi connectivity index (χ1v) is 9.52. The molecule has 0 aliphatic rings. The predicted octanol–water partition coefficient (Wildman–Crippen LogP) is 5.36. The van der Waals surface area contributed by atoms with Crippen molar-refractivity contribution in [2.24, 2.45) is 0 Å². The van der Waals surface area contributed by atoms with Gasteiger partial charge in [-0.3, -0.25) is 9.48 Å². The molecular formula is C21H18ClF4N3O2. The third-order valence-electron chi connectivity index (χ3n) is 4.32. The number of carbonyl (C=O) groups is 1. The van der Waals surface area contributed by atoms with Crippen LogP contribution in [0.3, 0.4) is 0 Å². The maximum absolute atomic E-state index is 14.0. The Labute approximate surface area is 180 Å². The fourth-order valence-electron chi connectivity index (χ4n) is 2.84. The summed E-state index contributed by atoms with van der Waals surface area (Å²) in [5.74, 6) is -0.711. The summed E-state index contributed by atoms with van der Waals surface area (Å²) >= 11 is 6.06. The molecule has 10 heteroatoms. The van der Waals surface area contributed by atoms with Gasteiger partial charge in [0, 0.05) is 27.9 Å². The van der Waals surface area contributed by atoms with E-state index < -0.39 is 24.5 Å². The number of carbonyl (C=O) groups excluding carboxylic acids is 1. The lowest BCUT2D eigenvalue weighted by Crippen LogP contribution is -2.17. The third kappa shape index (κ3) is 6.28. The molecule has 0 unspecified atom stereocenters. The van der Waals surface area contributed by atoms with E-state index in [1.165, 1.54) is 28.9 Å². The molecule has 3 rings (SSSR count). The molecule has 2 aromatic carbocycles. The average Bonchev–Trinajstić information content (AvgIpc) is 3.03. The molecule has 5 nitrogen and oxygen atoms in total. The Kier molecular flexibility index (Phi) is 6.97. The molecule has 1 N–H and O–H groups in total. The smallest absolute Gasteiger partial charge is 0.367 e. The number of aromatic nitrogens is 2. The molecule has 0 aliphatic heterocycles. The molecule has 0 saturated carbocycles. The lowest BCUT2D eigenvalue weighted by Gasteiger charge is -2.09. The van der Waals surface area contributed by atoms with Crippen molar-refractivity contribution in [3.05, 3.63) is 81.8 Å². The Bertz CT molecular complexity index is 1060. The Morgan fingerprint density at radius 3 is 2.65 bits per heavy atom. The molecule has 0 saturated heterocycles. The summed E-state index contributed by atoms with van der Waals surface area (Å²) in [5, 5.41) is 7.15. The summed E-state index contributed by atoms with van der Waals surface area (Å²) in [6, 6.07) is 12.1. The molecule has 31 heavy (non-hydrogen) atoms. The highest BCUT2D eigenvalue weighted by Crippen LogP contribution is 2.22. The number of benzene rings is 2. The van der Waals surface area contributed by atoms with Crippen LogP contribution in [0.4, 0.5) is 23.4 Å². The molecule has 0 spiro atoms. The topological polar surface area (TPSA) is 56.1 Å². The van der Waals surface area contributed by atoms with Crippen LogP contribution in [-0.4, -0.2) is 28.5 Å². The zero-order valence-corrected chi connectivity index (χ0v) is 17.1. The summed E-state index contributed by atoms with van der Waals surface area (Å²) in [6.07, 6.45) is -4.42. The van der Waals surface area contributed by atoms with E-state index in [0.29, 0.717) is 11.3 Å². The van der Waals surface area contributed by atoms with Gasteiger partial charge >= 0.3 is 6.18 Å². The van der Waals surface area contributed by atoms with Crippen LogP contribution in [0.1, 0.15) is 27.2 Å². The molecule has 0 atom stereocenters. The second-order valence-electron chi connectivity index (χ2n) is 6.79. The number of nitrogens with one attached hydrogen (secondary N) is 1. The van der Waals surface area contributed by atoms with E-state index in [9.17, 15) is 22.4 Å². The molecule has 1 amide bonds. The predicted molar refractivity (Wildman–Crippen MR) is 108 cm³/mol. The zero-order valence-electron chi connectivity index (χ0n) is 16.3. The van der Waals surface area contributed by atoms with Gasteiger partial charge in [0.2, 0.25) is 0 Å². The van der Waals surface area contributed by atoms with Crippen molar-refractivity contribution >= 4 is 23.3 Å². The molecule has 0 aliphatic carbocycles. The van der Waals surface area contributed by atoms with E-state index in [1.807, 2.05) is 0 Å². The first-order chi connectivity index (χ1) is 14.6. The SMILES string of the molecule is Cc1cc(NC(=O)c2cccc(COCC(F)(F)F)c2)nn1Cc1c(F)cccc1Cl. The molecule has 0 fully saturated rings. The molecule has 1 heterocycles. The Hall–Kier alpha value is -2.91. The molecule has 164 valence electrons. The van der Waals surface area contributed by atoms with Gasteiger partial charge in [-0.1, -0.05) is 29.8 Å². The largest absolute Gasteiger partial charge is 0.411 e. The van der Waals surface area contributed by atoms with E-state index in [1.54, 1.807) is 31.2 Å². The van der Waals surface area contributed by atoms with Crippen LogP contribution >= 0.6 is 11.6 Å². The zero-order chi connectivity index (χ0) is 22.6. The maximum Gasteiger partial charge on any atom is 0.411 e. The Morgan fingerprint density at radius 1 is 1.19 bits per heavy atom. The first-order valence-electron chi connectivity index (χ1n) is 9.14. The van der Waals surface area contributed by atoms with Crippen molar-refractivity contribution in [1.82, 2.24) is 9.78 Å². The van der Waals surface area contributed by atoms with Crippen LogP contribution < -0.4 is 5.32 Å². The van der Waals surface area contributed by atoms with Gasteiger partial charge in [0.1, 0.15) is 12.4 Å². The van der Waals surface area contributed by atoms with Crippen molar-refractivity contribution < 1.29 is 27.1 Å². The lowest BCUT2D eigenvalue weighted by atomic mass is 10.1. The van der Waals surface area contributed by atoms with Gasteiger partial charge in [-0.15, -0.1) is 0 Å². The van der Waals surface area contributed by atoms with Crippen LogP contribution in [0, 0.1) is 12.7 Å². The number of nitrogens with zero attached hydrogens (tertiary/aromatic N) is 2. The second kappa shape index (κ2) is 9.49. The first kappa shape index (κ1) is 22.8. The summed E-state index contributed by atoms with van der Waals surface area (Å²) in [5.41, 5.74) is 1.61. The summed E-state index contributed by atoms with van der Waals surface area (Å²) in [7, 11) is 0. The molecule has 0 radical (unpaired) electrons. The highest BCUT2D eigenvalue weighted by atomic mass is 35.5. The highest BCUT2D eigenvalue weighted by Gasteiger charge is 2.27. The number of anilines is 1. The number of alkyl halides is 3. The summed E-state index contributed by atoms with van der Waals surface area (Å²) < 4.78 is 56.7. The molecule has 0 bridgehead atoms. The Morgan fingerprint density at radius 2 is 1.94 bits per heavy atom. The normalized spacial score (nSPS) is 11.5. The van der Waals surface area contributed by atoms with Gasteiger partial charge in [-0.25, -0.2) is 4.39 Å².